The van der Waals surface area contributed by atoms with E-state index in [4.69, 9.17) is 17.3 Å². The fourth-order valence-corrected chi connectivity index (χ4v) is 1.91. The highest BCUT2D eigenvalue weighted by atomic mass is 35.5. The summed E-state index contributed by atoms with van der Waals surface area (Å²) in [6, 6.07) is 3.64. The largest absolute Gasteiger partial charge is 0.396 e. The lowest BCUT2D eigenvalue weighted by atomic mass is 10.2. The first-order valence-electron chi connectivity index (χ1n) is 5.65. The van der Waals surface area contributed by atoms with Crippen LogP contribution in [-0.4, -0.2) is 14.8 Å². The van der Waals surface area contributed by atoms with Crippen molar-refractivity contribution in [1.82, 2.24) is 14.8 Å². The van der Waals surface area contributed by atoms with Crippen molar-refractivity contribution < 1.29 is 0 Å². The summed E-state index contributed by atoms with van der Waals surface area (Å²) in [5, 5.41) is 5.10. The normalized spacial score (nSPS) is 10.8. The molecule has 2 aromatic rings. The second-order valence-electron chi connectivity index (χ2n) is 3.76. The van der Waals surface area contributed by atoms with Gasteiger partial charge in [0.15, 0.2) is 5.82 Å². The van der Waals surface area contributed by atoms with Gasteiger partial charge in [-0.15, -0.1) is 0 Å². The number of rotatable bonds is 3. The summed E-state index contributed by atoms with van der Waals surface area (Å²) in [5.74, 6) is 0.748. The predicted octanol–water partition coefficient (Wildman–Crippen LogP) is 2.63. The van der Waals surface area contributed by atoms with Gasteiger partial charge in [0.05, 0.1) is 22.1 Å². The Morgan fingerprint density at radius 3 is 2.59 bits per heavy atom. The molecule has 0 spiro atoms. The Morgan fingerprint density at radius 1 is 1.29 bits per heavy atom. The lowest BCUT2D eigenvalue weighted by Gasteiger charge is -2.04. The van der Waals surface area contributed by atoms with Gasteiger partial charge in [-0.25, -0.2) is 9.67 Å². The first-order valence-corrected chi connectivity index (χ1v) is 6.03. The maximum Gasteiger partial charge on any atom is 0.153 e. The molecule has 0 saturated heterocycles. The zero-order valence-electron chi connectivity index (χ0n) is 9.94. The molecule has 2 aromatic heterocycles. The third-order valence-corrected chi connectivity index (χ3v) is 2.92. The Bertz CT molecular complexity index is 516. The minimum atomic E-state index is 0.614. The van der Waals surface area contributed by atoms with Crippen LogP contribution in [0.1, 0.15) is 25.2 Å². The fourth-order valence-electron chi connectivity index (χ4n) is 1.80. The molecule has 0 radical (unpaired) electrons. The zero-order valence-corrected chi connectivity index (χ0v) is 10.7. The van der Waals surface area contributed by atoms with Crippen LogP contribution in [0.5, 0.6) is 0 Å². The summed E-state index contributed by atoms with van der Waals surface area (Å²) in [6.45, 7) is 4.09. The zero-order chi connectivity index (χ0) is 12.4. The van der Waals surface area contributed by atoms with Crippen LogP contribution in [0.2, 0.25) is 5.02 Å². The monoisotopic (exact) mass is 250 g/mol. The van der Waals surface area contributed by atoms with Crippen molar-refractivity contribution in [2.45, 2.75) is 26.7 Å². The van der Waals surface area contributed by atoms with Crippen molar-refractivity contribution in [1.29, 1.82) is 0 Å². The lowest BCUT2D eigenvalue weighted by molar-refractivity contribution is 0.772. The van der Waals surface area contributed by atoms with Crippen molar-refractivity contribution in [3.63, 3.8) is 0 Å². The molecule has 0 fully saturated rings. The maximum atomic E-state index is 6.06. The first kappa shape index (κ1) is 11.9. The van der Waals surface area contributed by atoms with E-state index in [-0.39, 0.29) is 0 Å². The van der Waals surface area contributed by atoms with E-state index in [1.54, 1.807) is 16.9 Å². The molecule has 2 N–H and O–H groups in total. The van der Waals surface area contributed by atoms with Crippen molar-refractivity contribution in [2.75, 3.05) is 5.73 Å². The number of hydrogen-bond acceptors (Lipinski definition) is 3. The van der Waals surface area contributed by atoms with E-state index in [1.165, 1.54) is 0 Å². The Labute approximate surface area is 105 Å². The van der Waals surface area contributed by atoms with Gasteiger partial charge in [-0.05, 0) is 25.0 Å². The van der Waals surface area contributed by atoms with E-state index >= 15 is 0 Å². The molecule has 0 bridgehead atoms. The summed E-state index contributed by atoms with van der Waals surface area (Å²) >= 11 is 5.82. The number of halogens is 1. The highest BCUT2D eigenvalue weighted by Crippen LogP contribution is 2.21. The van der Waals surface area contributed by atoms with E-state index in [9.17, 15) is 0 Å². The topological polar surface area (TPSA) is 56.7 Å². The van der Waals surface area contributed by atoms with E-state index in [0.29, 0.717) is 5.02 Å². The summed E-state index contributed by atoms with van der Waals surface area (Å²) in [4.78, 5) is 4.26. The molecule has 0 aliphatic carbocycles. The van der Waals surface area contributed by atoms with Gasteiger partial charge in [0, 0.05) is 6.20 Å². The molecule has 2 heterocycles. The number of nitrogens with zero attached hydrogens (tertiary/aromatic N) is 3. The molecular weight excluding hydrogens is 236 g/mol. The second-order valence-corrected chi connectivity index (χ2v) is 4.20. The van der Waals surface area contributed by atoms with Gasteiger partial charge in [-0.2, -0.15) is 5.10 Å². The predicted molar refractivity (Wildman–Crippen MR) is 69.5 cm³/mol. The minimum absolute atomic E-state index is 0.614. The van der Waals surface area contributed by atoms with Crippen molar-refractivity contribution in [3.05, 3.63) is 34.7 Å². The maximum absolute atomic E-state index is 6.06. The van der Waals surface area contributed by atoms with Crippen LogP contribution in [0.25, 0.3) is 5.82 Å². The Hall–Kier alpha value is -1.55. The minimum Gasteiger partial charge on any atom is -0.396 e. The highest BCUT2D eigenvalue weighted by Gasteiger charge is 2.14. The van der Waals surface area contributed by atoms with Crippen molar-refractivity contribution >= 4 is 17.3 Å². The van der Waals surface area contributed by atoms with Gasteiger partial charge < -0.3 is 5.73 Å². The Balaban J connectivity index is 2.54. The molecule has 17 heavy (non-hydrogen) atoms. The molecule has 2 rings (SSSR count). The molecule has 0 aliphatic rings. The van der Waals surface area contributed by atoms with Gasteiger partial charge in [0.1, 0.15) is 0 Å². The first-order chi connectivity index (χ1) is 8.17. The number of pyridine rings is 1. The van der Waals surface area contributed by atoms with Crippen molar-refractivity contribution in [3.8, 4) is 5.82 Å². The number of aryl methyl sites for hydroxylation is 1. The average molecular weight is 251 g/mol. The van der Waals surface area contributed by atoms with Gasteiger partial charge in [0.25, 0.3) is 0 Å². The number of nitrogen functional groups attached to an aromatic ring is 1. The molecule has 0 unspecified atom stereocenters. The summed E-state index contributed by atoms with van der Waals surface area (Å²) in [5.41, 5.74) is 8.74. The van der Waals surface area contributed by atoms with E-state index in [2.05, 4.69) is 17.0 Å². The van der Waals surface area contributed by atoms with Crippen LogP contribution in [0, 0.1) is 0 Å². The number of aromatic nitrogens is 3. The van der Waals surface area contributed by atoms with Gasteiger partial charge in [-0.3, -0.25) is 0 Å². The smallest absolute Gasteiger partial charge is 0.153 e. The average Bonchev–Trinajstić information content (AvgIpc) is 2.66. The number of nitrogens with two attached hydrogens (primary N) is 1. The Kier molecular flexibility index (Phi) is 3.33. The molecule has 4 nitrogen and oxygen atoms in total. The standard InChI is InChI=1S/C12H15ClN4/c1-3-9-12(14)10(4-2)17(16-9)11-6-5-8(13)7-15-11/h5-7H,3-4,14H2,1-2H3. The van der Waals surface area contributed by atoms with Gasteiger partial charge in [-0.1, -0.05) is 25.4 Å². The quantitative estimate of drug-likeness (QED) is 0.911. The number of anilines is 1. The van der Waals surface area contributed by atoms with E-state index < -0.39 is 0 Å². The van der Waals surface area contributed by atoms with Crippen LogP contribution >= 0.6 is 11.6 Å². The van der Waals surface area contributed by atoms with Crippen molar-refractivity contribution in [2.24, 2.45) is 0 Å². The molecule has 0 amide bonds. The summed E-state index contributed by atoms with van der Waals surface area (Å²) < 4.78 is 1.80. The molecule has 90 valence electrons. The van der Waals surface area contributed by atoms with Crippen LogP contribution in [0.15, 0.2) is 18.3 Å². The lowest BCUT2D eigenvalue weighted by Crippen LogP contribution is -2.04. The summed E-state index contributed by atoms with van der Waals surface area (Å²) in [7, 11) is 0. The van der Waals surface area contributed by atoms with Crippen LogP contribution in [0.4, 0.5) is 5.69 Å². The molecule has 5 heteroatoms. The third-order valence-electron chi connectivity index (χ3n) is 2.70. The molecule has 0 aliphatic heterocycles. The van der Waals surface area contributed by atoms with E-state index in [1.807, 2.05) is 13.0 Å². The molecule has 0 aromatic carbocycles. The second kappa shape index (κ2) is 4.75. The highest BCUT2D eigenvalue weighted by molar-refractivity contribution is 6.30. The third kappa shape index (κ3) is 2.13. The van der Waals surface area contributed by atoms with Gasteiger partial charge >= 0.3 is 0 Å². The van der Waals surface area contributed by atoms with Crippen LogP contribution in [0.3, 0.4) is 0 Å². The molecule has 0 atom stereocenters. The van der Waals surface area contributed by atoms with E-state index in [0.717, 1.165) is 35.7 Å². The van der Waals surface area contributed by atoms with Gasteiger partial charge in [0.2, 0.25) is 0 Å². The fraction of sp³-hybridized carbons (Fsp3) is 0.333. The van der Waals surface area contributed by atoms with Crippen LogP contribution in [-0.2, 0) is 12.8 Å². The molecule has 0 saturated carbocycles. The Morgan fingerprint density at radius 2 is 2.06 bits per heavy atom. The van der Waals surface area contributed by atoms with Crippen LogP contribution < -0.4 is 5.73 Å². The summed E-state index contributed by atoms with van der Waals surface area (Å²) in [6.07, 6.45) is 3.25. The number of hydrogen-bond donors (Lipinski definition) is 1. The molecular formula is C12H15ClN4. The SMILES string of the molecule is CCc1nn(-c2ccc(Cl)cn2)c(CC)c1N.